The number of hydrogen-bond acceptors (Lipinski definition) is 5. The van der Waals surface area contributed by atoms with E-state index in [4.69, 9.17) is 9.47 Å². The Balaban J connectivity index is 1.60. The van der Waals surface area contributed by atoms with Crippen LogP contribution < -0.4 is 4.90 Å². The molecule has 2 saturated heterocycles. The lowest BCUT2D eigenvalue weighted by atomic mass is 10.0. The second-order valence-electron chi connectivity index (χ2n) is 6.93. The molecule has 0 aromatic heterocycles. The molecule has 3 heterocycles. The molecule has 3 aliphatic rings. The maximum atomic E-state index is 12.8. The Morgan fingerprint density at radius 2 is 1.88 bits per heavy atom. The summed E-state index contributed by atoms with van der Waals surface area (Å²) in [5, 5.41) is 0. The lowest BCUT2D eigenvalue weighted by Crippen LogP contribution is -2.47. The van der Waals surface area contributed by atoms with Gasteiger partial charge in [0.05, 0.1) is 24.7 Å². The number of ether oxygens (including phenoxy) is 2. The van der Waals surface area contributed by atoms with Gasteiger partial charge in [-0.1, -0.05) is 0 Å². The third-order valence-corrected chi connectivity index (χ3v) is 7.12. The highest BCUT2D eigenvalue weighted by Gasteiger charge is 2.33. The van der Waals surface area contributed by atoms with Gasteiger partial charge in [-0.15, -0.1) is 0 Å². The number of sulfonamides is 1. The molecule has 0 saturated carbocycles. The summed E-state index contributed by atoms with van der Waals surface area (Å²) in [6, 6.07) is 5.12. The molecule has 8 heteroatoms. The minimum Gasteiger partial charge on any atom is -0.376 e. The fraction of sp³-hybridized carbons (Fsp3) is 0.611. The van der Waals surface area contributed by atoms with Crippen molar-refractivity contribution in [3.05, 3.63) is 23.8 Å². The van der Waals surface area contributed by atoms with Crippen molar-refractivity contribution < 1.29 is 22.7 Å². The van der Waals surface area contributed by atoms with Gasteiger partial charge < -0.3 is 14.4 Å². The molecular formula is C18H24N2O5S. The van der Waals surface area contributed by atoms with E-state index in [9.17, 15) is 13.2 Å². The molecule has 1 unspecified atom stereocenters. The summed E-state index contributed by atoms with van der Waals surface area (Å²) >= 11 is 0. The van der Waals surface area contributed by atoms with E-state index >= 15 is 0 Å². The molecule has 0 spiro atoms. The first kappa shape index (κ1) is 17.9. The third-order valence-electron chi connectivity index (χ3n) is 5.23. The van der Waals surface area contributed by atoms with E-state index in [1.165, 1.54) is 0 Å². The molecule has 7 nitrogen and oxygen atoms in total. The van der Waals surface area contributed by atoms with E-state index in [-0.39, 0.29) is 12.5 Å². The van der Waals surface area contributed by atoms with Gasteiger partial charge in [-0.2, -0.15) is 4.31 Å². The van der Waals surface area contributed by atoms with E-state index in [1.54, 1.807) is 27.4 Å². The Morgan fingerprint density at radius 3 is 2.62 bits per heavy atom. The van der Waals surface area contributed by atoms with Crippen LogP contribution in [0.15, 0.2) is 23.1 Å². The maximum Gasteiger partial charge on any atom is 0.258 e. The van der Waals surface area contributed by atoms with Crippen molar-refractivity contribution in [2.75, 3.05) is 44.4 Å². The zero-order chi connectivity index (χ0) is 18.1. The molecule has 1 aromatic rings. The molecule has 0 N–H and O–H groups in total. The number of hydrogen-bond donors (Lipinski definition) is 0. The van der Waals surface area contributed by atoms with Crippen molar-refractivity contribution in [1.29, 1.82) is 0 Å². The van der Waals surface area contributed by atoms with Gasteiger partial charge in [0.2, 0.25) is 10.0 Å². The number of fused-ring (bicyclic) bond motifs is 1. The quantitative estimate of drug-likeness (QED) is 0.787. The monoisotopic (exact) mass is 380 g/mol. The fourth-order valence-corrected chi connectivity index (χ4v) is 5.41. The van der Waals surface area contributed by atoms with E-state index in [1.807, 2.05) is 0 Å². The Bertz CT molecular complexity index is 783. The molecule has 0 bridgehead atoms. The average molecular weight is 380 g/mol. The first-order valence-corrected chi connectivity index (χ1v) is 10.7. The molecule has 1 aromatic carbocycles. The molecule has 4 rings (SSSR count). The first-order valence-electron chi connectivity index (χ1n) is 9.21. The summed E-state index contributed by atoms with van der Waals surface area (Å²) in [4.78, 5) is 14.8. The van der Waals surface area contributed by atoms with Crippen LogP contribution in [-0.2, 0) is 30.7 Å². The highest BCUT2D eigenvalue weighted by molar-refractivity contribution is 7.89. The highest BCUT2D eigenvalue weighted by Crippen LogP contribution is 2.32. The van der Waals surface area contributed by atoms with Crippen LogP contribution >= 0.6 is 0 Å². The summed E-state index contributed by atoms with van der Waals surface area (Å²) in [6.07, 6.45) is 2.82. The van der Waals surface area contributed by atoms with Crippen LogP contribution in [-0.4, -0.2) is 64.2 Å². The van der Waals surface area contributed by atoms with Gasteiger partial charge in [0.15, 0.2) is 6.10 Å². The lowest BCUT2D eigenvalue weighted by molar-refractivity contribution is -0.144. The van der Waals surface area contributed by atoms with Gasteiger partial charge in [-0.25, -0.2) is 8.42 Å². The number of carbonyl (C=O) groups excluding carboxylic acids is 1. The van der Waals surface area contributed by atoms with E-state index in [2.05, 4.69) is 0 Å². The van der Waals surface area contributed by atoms with Crippen molar-refractivity contribution >= 4 is 21.6 Å². The Hall–Kier alpha value is -1.48. The standard InChI is InChI=1S/C18H24N2O5S/c21-18(17-13-24-10-11-25-17)20-9-3-4-14-12-15(5-6-16(14)20)26(22,23)19-7-1-2-8-19/h5-6,12,17H,1-4,7-11,13H2. The second kappa shape index (κ2) is 7.26. The summed E-state index contributed by atoms with van der Waals surface area (Å²) in [6.45, 7) is 2.99. The van der Waals surface area contributed by atoms with Crippen LogP contribution in [0.1, 0.15) is 24.8 Å². The van der Waals surface area contributed by atoms with Gasteiger partial charge in [0, 0.05) is 25.3 Å². The zero-order valence-electron chi connectivity index (χ0n) is 14.7. The van der Waals surface area contributed by atoms with E-state index in [0.717, 1.165) is 36.9 Å². The van der Waals surface area contributed by atoms with Gasteiger partial charge in [0.25, 0.3) is 5.91 Å². The molecular weight excluding hydrogens is 356 g/mol. The van der Waals surface area contributed by atoms with Crippen molar-refractivity contribution in [2.45, 2.75) is 36.7 Å². The molecule has 26 heavy (non-hydrogen) atoms. The van der Waals surface area contributed by atoms with E-state index < -0.39 is 16.1 Å². The Kier molecular flexibility index (Phi) is 5.00. The van der Waals surface area contributed by atoms with Gasteiger partial charge in [-0.3, -0.25) is 4.79 Å². The van der Waals surface area contributed by atoms with Crippen LogP contribution in [0.25, 0.3) is 0 Å². The Morgan fingerprint density at radius 1 is 1.08 bits per heavy atom. The largest absolute Gasteiger partial charge is 0.376 e. The van der Waals surface area contributed by atoms with Crippen molar-refractivity contribution in [2.24, 2.45) is 0 Å². The minimum absolute atomic E-state index is 0.110. The number of carbonyl (C=O) groups is 1. The van der Waals surface area contributed by atoms with Crippen LogP contribution in [0.3, 0.4) is 0 Å². The molecule has 0 aliphatic carbocycles. The van der Waals surface area contributed by atoms with Crippen molar-refractivity contribution in [3.8, 4) is 0 Å². The SMILES string of the molecule is O=C(C1COCCO1)N1CCCc2cc(S(=O)(=O)N3CCCC3)ccc21. The van der Waals surface area contributed by atoms with Gasteiger partial charge >= 0.3 is 0 Å². The maximum absolute atomic E-state index is 12.8. The lowest BCUT2D eigenvalue weighted by Gasteiger charge is -2.33. The number of aryl methyl sites for hydroxylation is 1. The van der Waals surface area contributed by atoms with Crippen molar-refractivity contribution in [3.63, 3.8) is 0 Å². The van der Waals surface area contributed by atoms with Crippen LogP contribution in [0.4, 0.5) is 5.69 Å². The molecule has 142 valence electrons. The number of rotatable bonds is 3. The summed E-state index contributed by atoms with van der Waals surface area (Å²) < 4.78 is 38.0. The van der Waals surface area contributed by atoms with Crippen molar-refractivity contribution in [1.82, 2.24) is 4.31 Å². The number of benzene rings is 1. The summed E-state index contributed by atoms with van der Waals surface area (Å²) in [5.74, 6) is -0.110. The van der Waals surface area contributed by atoms with Crippen LogP contribution in [0, 0.1) is 0 Å². The summed E-state index contributed by atoms with van der Waals surface area (Å²) in [5.41, 5.74) is 1.69. The number of anilines is 1. The predicted octanol–water partition coefficient (Wildman–Crippen LogP) is 1.17. The molecule has 1 amide bonds. The Labute approximate surface area is 153 Å². The summed E-state index contributed by atoms with van der Waals surface area (Å²) in [7, 11) is -3.45. The molecule has 2 fully saturated rings. The predicted molar refractivity (Wildman–Crippen MR) is 95.7 cm³/mol. The smallest absolute Gasteiger partial charge is 0.258 e. The first-order chi connectivity index (χ1) is 12.6. The second-order valence-corrected chi connectivity index (χ2v) is 8.87. The topological polar surface area (TPSA) is 76.1 Å². The normalized spacial score (nSPS) is 24.5. The highest BCUT2D eigenvalue weighted by atomic mass is 32.2. The molecule has 1 atom stereocenters. The molecule has 0 radical (unpaired) electrons. The van der Waals surface area contributed by atoms with Gasteiger partial charge in [0.1, 0.15) is 0 Å². The molecule has 3 aliphatic heterocycles. The fourth-order valence-electron chi connectivity index (χ4n) is 3.84. The zero-order valence-corrected chi connectivity index (χ0v) is 15.5. The van der Waals surface area contributed by atoms with Crippen LogP contribution in [0.2, 0.25) is 0 Å². The van der Waals surface area contributed by atoms with Crippen LogP contribution in [0.5, 0.6) is 0 Å². The van der Waals surface area contributed by atoms with Gasteiger partial charge in [-0.05, 0) is 49.4 Å². The minimum atomic E-state index is -3.45. The average Bonchev–Trinajstić information content (AvgIpc) is 3.23. The number of amides is 1. The third kappa shape index (κ3) is 3.26. The number of nitrogens with zero attached hydrogens (tertiary/aromatic N) is 2. The van der Waals surface area contributed by atoms with E-state index in [0.29, 0.717) is 37.7 Å².